The predicted molar refractivity (Wildman–Crippen MR) is 80.4 cm³/mol. The van der Waals surface area contributed by atoms with Crippen LogP contribution in [0.5, 0.6) is 11.5 Å². The van der Waals surface area contributed by atoms with E-state index >= 15 is 0 Å². The number of nitriles is 1. The van der Waals surface area contributed by atoms with E-state index in [1.807, 2.05) is 18.2 Å². The maximum absolute atomic E-state index is 9.69. The molecule has 0 spiro atoms. The number of likely N-dealkylation sites (tertiary alicyclic amines) is 1. The van der Waals surface area contributed by atoms with Crippen LogP contribution in [0.3, 0.4) is 0 Å². The molecule has 2 aliphatic rings. The van der Waals surface area contributed by atoms with Gasteiger partial charge in [0.2, 0.25) is 0 Å². The van der Waals surface area contributed by atoms with Crippen molar-refractivity contribution in [3.63, 3.8) is 0 Å². The van der Waals surface area contributed by atoms with Crippen molar-refractivity contribution in [2.75, 3.05) is 19.8 Å². The molecule has 0 bridgehead atoms. The van der Waals surface area contributed by atoms with Crippen LogP contribution in [0.1, 0.15) is 44.2 Å². The summed E-state index contributed by atoms with van der Waals surface area (Å²) in [5.41, 5.74) is 1.02. The van der Waals surface area contributed by atoms with Crippen LogP contribution >= 0.6 is 0 Å². The zero-order chi connectivity index (χ0) is 14.7. The second-order valence-electron chi connectivity index (χ2n) is 5.73. The highest BCUT2D eigenvalue weighted by atomic mass is 16.6. The number of nitrogens with zero attached hydrogens (tertiary/aromatic N) is 2. The molecule has 1 fully saturated rings. The van der Waals surface area contributed by atoms with E-state index in [2.05, 4.69) is 17.9 Å². The zero-order valence-corrected chi connectivity index (χ0v) is 12.5. The van der Waals surface area contributed by atoms with Crippen molar-refractivity contribution in [1.29, 1.82) is 5.26 Å². The van der Waals surface area contributed by atoms with Gasteiger partial charge in [-0.3, -0.25) is 4.90 Å². The summed E-state index contributed by atoms with van der Waals surface area (Å²) in [7, 11) is 0. The van der Waals surface area contributed by atoms with Gasteiger partial charge >= 0.3 is 0 Å². The summed E-state index contributed by atoms with van der Waals surface area (Å²) < 4.78 is 11.2. The topological polar surface area (TPSA) is 45.5 Å². The predicted octanol–water partition coefficient (Wildman–Crippen LogP) is 3.29. The van der Waals surface area contributed by atoms with E-state index < -0.39 is 0 Å². The Labute approximate surface area is 126 Å². The Kier molecular flexibility index (Phi) is 4.31. The number of ether oxygens (including phenoxy) is 2. The number of hydrogen-bond acceptors (Lipinski definition) is 4. The lowest BCUT2D eigenvalue weighted by molar-refractivity contribution is 0.116. The monoisotopic (exact) mass is 286 g/mol. The van der Waals surface area contributed by atoms with E-state index in [0.29, 0.717) is 19.3 Å². The van der Waals surface area contributed by atoms with Crippen molar-refractivity contribution in [2.45, 2.75) is 44.7 Å². The van der Waals surface area contributed by atoms with Crippen LogP contribution in [0.15, 0.2) is 18.2 Å². The number of hydrogen-bond donors (Lipinski definition) is 0. The number of fused-ring (bicyclic) bond motifs is 1. The van der Waals surface area contributed by atoms with Crippen LogP contribution in [-0.4, -0.2) is 30.7 Å². The van der Waals surface area contributed by atoms with Crippen LogP contribution in [0, 0.1) is 11.3 Å². The summed E-state index contributed by atoms with van der Waals surface area (Å²) in [5.74, 6) is 1.55. The molecule has 0 amide bonds. The van der Waals surface area contributed by atoms with Gasteiger partial charge in [0.1, 0.15) is 19.3 Å². The molecule has 0 aromatic heterocycles. The Bertz CT molecular complexity index is 538. The van der Waals surface area contributed by atoms with Gasteiger partial charge in [0.15, 0.2) is 11.5 Å². The molecule has 21 heavy (non-hydrogen) atoms. The molecule has 112 valence electrons. The molecule has 0 N–H and O–H groups in total. The maximum atomic E-state index is 9.69. The third-order valence-electron chi connectivity index (χ3n) is 4.48. The first-order valence-corrected chi connectivity index (χ1v) is 7.88. The SMILES string of the molecule is CCC1CCCCN1C(C#N)c1ccc2c(c1)OCCO2. The van der Waals surface area contributed by atoms with Gasteiger partial charge in [0.05, 0.1) is 6.07 Å². The Morgan fingerprint density at radius 1 is 1.29 bits per heavy atom. The minimum absolute atomic E-state index is 0.189. The average molecular weight is 286 g/mol. The third kappa shape index (κ3) is 2.84. The standard InChI is InChI=1S/C17H22N2O2/c1-2-14-5-3-4-8-19(14)15(12-18)13-6-7-16-17(11-13)21-10-9-20-16/h6-7,11,14-15H,2-5,8-10H2,1H3. The van der Waals surface area contributed by atoms with Crippen molar-refractivity contribution < 1.29 is 9.47 Å². The van der Waals surface area contributed by atoms with Gasteiger partial charge in [-0.05, 0) is 37.0 Å². The van der Waals surface area contributed by atoms with E-state index in [4.69, 9.17) is 9.47 Å². The Morgan fingerprint density at radius 3 is 2.86 bits per heavy atom. The minimum Gasteiger partial charge on any atom is -0.486 e. The first kappa shape index (κ1) is 14.2. The van der Waals surface area contributed by atoms with Gasteiger partial charge in [-0.2, -0.15) is 5.26 Å². The fourth-order valence-electron chi connectivity index (χ4n) is 3.37. The largest absolute Gasteiger partial charge is 0.486 e. The summed E-state index contributed by atoms with van der Waals surface area (Å²) >= 11 is 0. The van der Waals surface area contributed by atoms with E-state index in [9.17, 15) is 5.26 Å². The molecule has 2 heterocycles. The van der Waals surface area contributed by atoms with Gasteiger partial charge in [0.25, 0.3) is 0 Å². The molecule has 2 unspecified atom stereocenters. The summed E-state index contributed by atoms with van der Waals surface area (Å²) in [6.45, 7) is 4.39. The van der Waals surface area contributed by atoms with E-state index in [0.717, 1.165) is 30.0 Å². The van der Waals surface area contributed by atoms with Crippen LogP contribution in [0.4, 0.5) is 0 Å². The molecule has 2 atom stereocenters. The maximum Gasteiger partial charge on any atom is 0.161 e. The van der Waals surface area contributed by atoms with Gasteiger partial charge in [-0.15, -0.1) is 0 Å². The second-order valence-corrected chi connectivity index (χ2v) is 5.73. The van der Waals surface area contributed by atoms with Crippen LogP contribution in [-0.2, 0) is 0 Å². The van der Waals surface area contributed by atoms with Crippen molar-refractivity contribution in [2.24, 2.45) is 0 Å². The number of rotatable bonds is 3. The van der Waals surface area contributed by atoms with Crippen molar-refractivity contribution in [3.05, 3.63) is 23.8 Å². The third-order valence-corrected chi connectivity index (χ3v) is 4.48. The zero-order valence-electron chi connectivity index (χ0n) is 12.5. The molecule has 0 radical (unpaired) electrons. The quantitative estimate of drug-likeness (QED) is 0.855. The molecule has 2 aliphatic heterocycles. The van der Waals surface area contributed by atoms with Gasteiger partial charge in [0, 0.05) is 12.6 Å². The summed E-state index contributed by atoms with van der Waals surface area (Å²) in [6.07, 6.45) is 4.75. The van der Waals surface area contributed by atoms with Gasteiger partial charge in [-0.25, -0.2) is 0 Å². The molecule has 3 rings (SSSR count). The fraction of sp³-hybridized carbons (Fsp3) is 0.588. The smallest absolute Gasteiger partial charge is 0.161 e. The lowest BCUT2D eigenvalue weighted by Gasteiger charge is -2.38. The normalized spacial score (nSPS) is 23.3. The average Bonchev–Trinajstić information content (AvgIpc) is 2.56. The molecule has 1 aromatic rings. The molecule has 0 saturated carbocycles. The second kappa shape index (κ2) is 6.36. The first-order valence-electron chi connectivity index (χ1n) is 7.88. The van der Waals surface area contributed by atoms with Crippen LogP contribution in [0.25, 0.3) is 0 Å². The van der Waals surface area contributed by atoms with Crippen molar-refractivity contribution in [1.82, 2.24) is 4.90 Å². The Hall–Kier alpha value is -1.73. The summed E-state index contributed by atoms with van der Waals surface area (Å²) in [5, 5.41) is 9.69. The molecule has 1 aromatic carbocycles. The first-order chi connectivity index (χ1) is 10.3. The molecule has 4 nitrogen and oxygen atoms in total. The van der Waals surface area contributed by atoms with Crippen LogP contribution < -0.4 is 9.47 Å². The number of piperidine rings is 1. The highest BCUT2D eigenvalue weighted by Gasteiger charge is 2.29. The molecule has 4 heteroatoms. The van der Waals surface area contributed by atoms with Gasteiger partial charge < -0.3 is 9.47 Å². The van der Waals surface area contributed by atoms with Crippen molar-refractivity contribution >= 4 is 0 Å². The molecular weight excluding hydrogens is 264 g/mol. The van der Waals surface area contributed by atoms with E-state index in [-0.39, 0.29) is 6.04 Å². The highest BCUT2D eigenvalue weighted by molar-refractivity contribution is 5.45. The lowest BCUT2D eigenvalue weighted by atomic mass is 9.95. The van der Waals surface area contributed by atoms with Crippen LogP contribution in [0.2, 0.25) is 0 Å². The lowest BCUT2D eigenvalue weighted by Crippen LogP contribution is -2.41. The fourth-order valence-corrected chi connectivity index (χ4v) is 3.37. The molecule has 1 saturated heterocycles. The molecule has 0 aliphatic carbocycles. The van der Waals surface area contributed by atoms with Crippen molar-refractivity contribution in [3.8, 4) is 17.6 Å². The molecular formula is C17H22N2O2. The van der Waals surface area contributed by atoms with E-state index in [1.165, 1.54) is 19.3 Å². The van der Waals surface area contributed by atoms with E-state index in [1.54, 1.807) is 0 Å². The Balaban J connectivity index is 1.87. The highest BCUT2D eigenvalue weighted by Crippen LogP contribution is 2.36. The minimum atomic E-state index is -0.189. The Morgan fingerprint density at radius 2 is 2.10 bits per heavy atom. The van der Waals surface area contributed by atoms with Gasteiger partial charge in [-0.1, -0.05) is 19.4 Å². The number of benzene rings is 1. The summed E-state index contributed by atoms with van der Waals surface area (Å²) in [6, 6.07) is 8.72. The summed E-state index contributed by atoms with van der Waals surface area (Å²) in [4.78, 5) is 2.36.